The van der Waals surface area contributed by atoms with Gasteiger partial charge in [0.1, 0.15) is 5.82 Å². The largest absolute Gasteiger partial charge is 0.381 e. The van der Waals surface area contributed by atoms with Gasteiger partial charge in [0.2, 0.25) is 5.91 Å². The molecule has 1 saturated carbocycles. The summed E-state index contributed by atoms with van der Waals surface area (Å²) in [5.74, 6) is 1.65. The number of aromatic nitrogens is 2. The fraction of sp³-hybridized carbons (Fsp3) is 0.750. The number of aryl methyl sites for hydroxylation is 2. The molecule has 3 aliphatic rings. The van der Waals surface area contributed by atoms with Gasteiger partial charge in [-0.05, 0) is 38.0 Å². The van der Waals surface area contributed by atoms with E-state index in [9.17, 15) is 4.79 Å². The Morgan fingerprint density at radius 1 is 1.48 bits per heavy atom. The van der Waals surface area contributed by atoms with Gasteiger partial charge in [-0.25, -0.2) is 4.98 Å². The van der Waals surface area contributed by atoms with E-state index in [-0.39, 0.29) is 23.3 Å². The lowest BCUT2D eigenvalue weighted by Crippen LogP contribution is -2.42. The Labute approximate surface area is 125 Å². The van der Waals surface area contributed by atoms with Crippen molar-refractivity contribution in [1.82, 2.24) is 14.9 Å². The number of rotatable bonds is 2. The van der Waals surface area contributed by atoms with Crippen LogP contribution in [0.1, 0.15) is 37.2 Å². The maximum Gasteiger partial charge on any atom is 0.223 e. The Morgan fingerprint density at radius 2 is 2.29 bits per heavy atom. The molecule has 2 unspecified atom stereocenters. The molecule has 5 heteroatoms. The first kappa shape index (κ1) is 13.3. The molecule has 1 N–H and O–H groups in total. The molecule has 2 fully saturated rings. The van der Waals surface area contributed by atoms with Gasteiger partial charge in [0.05, 0.1) is 5.69 Å². The standard InChI is InChI=1S/C16H23N3O2/c1-11-9-19-10-12(2-3-14(19)17-11)18-15(20)13-8-16(13)4-6-21-7-5-16/h9,12-13H,2-8,10H2,1H3,(H,18,20). The summed E-state index contributed by atoms with van der Waals surface area (Å²) in [5, 5.41) is 3.27. The summed E-state index contributed by atoms with van der Waals surface area (Å²) in [6, 6.07) is 0.260. The van der Waals surface area contributed by atoms with Crippen molar-refractivity contribution in [3.8, 4) is 0 Å². The van der Waals surface area contributed by atoms with Gasteiger partial charge in [-0.3, -0.25) is 4.79 Å². The van der Waals surface area contributed by atoms with Crippen LogP contribution in [0.4, 0.5) is 0 Å². The number of amides is 1. The summed E-state index contributed by atoms with van der Waals surface area (Å²) < 4.78 is 7.62. The minimum Gasteiger partial charge on any atom is -0.381 e. The molecule has 1 spiro atoms. The van der Waals surface area contributed by atoms with Gasteiger partial charge in [-0.2, -0.15) is 0 Å². The van der Waals surface area contributed by atoms with E-state index in [1.165, 1.54) is 0 Å². The third kappa shape index (κ3) is 2.37. The van der Waals surface area contributed by atoms with Crippen LogP contribution in [0.15, 0.2) is 6.20 Å². The van der Waals surface area contributed by atoms with Crippen LogP contribution in [0.25, 0.3) is 0 Å². The van der Waals surface area contributed by atoms with Crippen molar-refractivity contribution in [2.45, 2.75) is 51.6 Å². The maximum absolute atomic E-state index is 12.5. The van der Waals surface area contributed by atoms with Crippen LogP contribution in [-0.4, -0.2) is 34.7 Å². The Balaban J connectivity index is 1.36. The second-order valence-corrected chi connectivity index (χ2v) is 6.93. The Morgan fingerprint density at radius 3 is 3.10 bits per heavy atom. The number of hydrogen-bond acceptors (Lipinski definition) is 3. The highest BCUT2D eigenvalue weighted by atomic mass is 16.5. The summed E-state index contributed by atoms with van der Waals surface area (Å²) in [6.45, 7) is 4.54. The van der Waals surface area contributed by atoms with Crippen molar-refractivity contribution in [3.05, 3.63) is 17.7 Å². The van der Waals surface area contributed by atoms with Gasteiger partial charge in [0.25, 0.3) is 0 Å². The van der Waals surface area contributed by atoms with E-state index >= 15 is 0 Å². The molecule has 2 atom stereocenters. The van der Waals surface area contributed by atoms with Gasteiger partial charge in [-0.1, -0.05) is 0 Å². The van der Waals surface area contributed by atoms with E-state index in [4.69, 9.17) is 4.74 Å². The number of nitrogens with zero attached hydrogens (tertiary/aromatic N) is 2. The fourth-order valence-electron chi connectivity index (χ4n) is 4.05. The molecule has 0 bridgehead atoms. The van der Waals surface area contributed by atoms with E-state index in [2.05, 4.69) is 21.1 Å². The topological polar surface area (TPSA) is 56.2 Å². The van der Waals surface area contributed by atoms with Gasteiger partial charge < -0.3 is 14.6 Å². The average molecular weight is 289 g/mol. The van der Waals surface area contributed by atoms with Crippen LogP contribution < -0.4 is 5.32 Å². The quantitative estimate of drug-likeness (QED) is 0.896. The molecule has 1 aromatic heterocycles. The lowest BCUT2D eigenvalue weighted by atomic mass is 9.93. The van der Waals surface area contributed by atoms with Gasteiger partial charge >= 0.3 is 0 Å². The van der Waals surface area contributed by atoms with Gasteiger partial charge in [0.15, 0.2) is 0 Å². The second-order valence-electron chi connectivity index (χ2n) is 6.93. The van der Waals surface area contributed by atoms with Crippen molar-refractivity contribution >= 4 is 5.91 Å². The lowest BCUT2D eigenvalue weighted by molar-refractivity contribution is -0.124. The molecule has 0 aromatic carbocycles. The van der Waals surface area contributed by atoms with E-state index < -0.39 is 0 Å². The zero-order valence-corrected chi connectivity index (χ0v) is 12.6. The van der Waals surface area contributed by atoms with Crippen molar-refractivity contribution < 1.29 is 9.53 Å². The summed E-state index contributed by atoms with van der Waals surface area (Å²) in [7, 11) is 0. The molecule has 21 heavy (non-hydrogen) atoms. The van der Waals surface area contributed by atoms with Crippen LogP contribution in [0.2, 0.25) is 0 Å². The minimum atomic E-state index is 0.229. The van der Waals surface area contributed by atoms with Crippen molar-refractivity contribution in [2.24, 2.45) is 11.3 Å². The first-order valence-electron chi connectivity index (χ1n) is 8.07. The van der Waals surface area contributed by atoms with Crippen molar-refractivity contribution in [2.75, 3.05) is 13.2 Å². The van der Waals surface area contributed by atoms with Gasteiger partial charge in [0, 0.05) is 44.3 Å². The van der Waals surface area contributed by atoms with E-state index in [0.717, 1.165) is 63.4 Å². The molecule has 114 valence electrons. The van der Waals surface area contributed by atoms with Crippen LogP contribution >= 0.6 is 0 Å². The summed E-state index contributed by atoms with van der Waals surface area (Å²) in [4.78, 5) is 17.0. The summed E-state index contributed by atoms with van der Waals surface area (Å²) in [6.07, 6.45) is 7.23. The second kappa shape index (κ2) is 4.83. The fourth-order valence-corrected chi connectivity index (χ4v) is 4.05. The molecule has 1 aliphatic carbocycles. The van der Waals surface area contributed by atoms with E-state index in [1.54, 1.807) is 0 Å². The molecular weight excluding hydrogens is 266 g/mol. The van der Waals surface area contributed by atoms with Crippen LogP contribution in [0, 0.1) is 18.3 Å². The average Bonchev–Trinajstić information content (AvgIpc) is 3.02. The number of fused-ring (bicyclic) bond motifs is 1. The molecule has 4 rings (SSSR count). The van der Waals surface area contributed by atoms with E-state index in [0.29, 0.717) is 0 Å². The predicted octanol–water partition coefficient (Wildman–Crippen LogP) is 1.44. The number of hydrogen-bond donors (Lipinski definition) is 1. The Bertz CT molecular complexity index is 560. The molecule has 5 nitrogen and oxygen atoms in total. The van der Waals surface area contributed by atoms with Crippen LogP contribution in [0.5, 0.6) is 0 Å². The predicted molar refractivity (Wildman–Crippen MR) is 77.8 cm³/mol. The Kier molecular flexibility index (Phi) is 3.06. The van der Waals surface area contributed by atoms with Crippen LogP contribution in [-0.2, 0) is 22.5 Å². The zero-order valence-electron chi connectivity index (χ0n) is 12.6. The third-order valence-electron chi connectivity index (χ3n) is 5.45. The highest BCUT2D eigenvalue weighted by Crippen LogP contribution is 2.59. The number of imidazole rings is 1. The lowest BCUT2D eigenvalue weighted by Gasteiger charge is -2.26. The number of carbonyl (C=O) groups excluding carboxylic acids is 1. The molecule has 3 heterocycles. The first-order valence-corrected chi connectivity index (χ1v) is 8.07. The van der Waals surface area contributed by atoms with Crippen molar-refractivity contribution in [1.29, 1.82) is 0 Å². The number of nitrogens with one attached hydrogen (secondary N) is 1. The highest BCUT2D eigenvalue weighted by molar-refractivity contribution is 5.82. The first-order chi connectivity index (χ1) is 10.2. The molecule has 1 amide bonds. The number of ether oxygens (including phenoxy) is 1. The highest BCUT2D eigenvalue weighted by Gasteiger charge is 2.58. The monoisotopic (exact) mass is 289 g/mol. The van der Waals surface area contributed by atoms with Crippen LogP contribution in [0.3, 0.4) is 0 Å². The summed E-state index contributed by atoms with van der Waals surface area (Å²) >= 11 is 0. The zero-order chi connectivity index (χ0) is 14.4. The maximum atomic E-state index is 12.5. The molecule has 1 aromatic rings. The summed E-state index contributed by atoms with van der Waals surface area (Å²) in [5.41, 5.74) is 1.34. The SMILES string of the molecule is Cc1cn2c(n1)CCC(NC(=O)C1CC13CCOCC3)C2. The van der Waals surface area contributed by atoms with E-state index in [1.807, 2.05) is 6.92 Å². The minimum absolute atomic E-state index is 0.229. The van der Waals surface area contributed by atoms with Gasteiger partial charge in [-0.15, -0.1) is 0 Å². The van der Waals surface area contributed by atoms with Crippen molar-refractivity contribution in [3.63, 3.8) is 0 Å². The normalized spacial score (nSPS) is 30.0. The molecule has 0 radical (unpaired) electrons. The molecule has 2 aliphatic heterocycles. The molecule has 1 saturated heterocycles. The smallest absolute Gasteiger partial charge is 0.223 e. The molecular formula is C16H23N3O2. The Hall–Kier alpha value is -1.36. The number of carbonyl (C=O) groups is 1. The third-order valence-corrected chi connectivity index (χ3v) is 5.45.